The molecule has 84 valence electrons. The van der Waals surface area contributed by atoms with Crippen molar-refractivity contribution in [3.05, 3.63) is 48.3 Å². The maximum Gasteiger partial charge on any atom is 0.120 e. The van der Waals surface area contributed by atoms with Gasteiger partial charge in [-0.05, 0) is 31.7 Å². The van der Waals surface area contributed by atoms with E-state index in [1.165, 1.54) is 5.56 Å². The van der Waals surface area contributed by atoms with Gasteiger partial charge in [0.15, 0.2) is 0 Å². The number of nitrogens with zero attached hydrogens (tertiary/aromatic N) is 3. The SMILES string of the molecule is CC(c1ccncc1)N(C)Cc1ncc[nH]1. The number of H-pyrrole nitrogens is 1. The summed E-state index contributed by atoms with van der Waals surface area (Å²) >= 11 is 0. The second kappa shape index (κ2) is 4.90. The molecular formula is C12H16N4. The van der Waals surface area contributed by atoms with Gasteiger partial charge in [-0.1, -0.05) is 0 Å². The Morgan fingerprint density at radius 3 is 2.69 bits per heavy atom. The molecule has 4 nitrogen and oxygen atoms in total. The van der Waals surface area contributed by atoms with Crippen LogP contribution in [0.5, 0.6) is 0 Å². The third-order valence-electron chi connectivity index (χ3n) is 2.80. The summed E-state index contributed by atoms with van der Waals surface area (Å²) < 4.78 is 0. The predicted molar refractivity (Wildman–Crippen MR) is 62.7 cm³/mol. The number of rotatable bonds is 4. The molecule has 1 unspecified atom stereocenters. The first-order valence-corrected chi connectivity index (χ1v) is 5.36. The normalized spacial score (nSPS) is 12.9. The summed E-state index contributed by atoms with van der Waals surface area (Å²) in [6.07, 6.45) is 7.28. The zero-order valence-corrected chi connectivity index (χ0v) is 9.59. The zero-order chi connectivity index (χ0) is 11.4. The van der Waals surface area contributed by atoms with Gasteiger partial charge in [-0.2, -0.15) is 0 Å². The van der Waals surface area contributed by atoms with Gasteiger partial charge in [0.1, 0.15) is 5.82 Å². The van der Waals surface area contributed by atoms with Crippen LogP contribution >= 0.6 is 0 Å². The van der Waals surface area contributed by atoms with Crippen LogP contribution in [0.1, 0.15) is 24.4 Å². The van der Waals surface area contributed by atoms with Crippen LogP contribution in [0, 0.1) is 0 Å². The van der Waals surface area contributed by atoms with Crippen molar-refractivity contribution in [1.29, 1.82) is 0 Å². The fraction of sp³-hybridized carbons (Fsp3) is 0.333. The van der Waals surface area contributed by atoms with E-state index < -0.39 is 0 Å². The molecule has 0 saturated carbocycles. The van der Waals surface area contributed by atoms with Crippen molar-refractivity contribution in [3.63, 3.8) is 0 Å². The molecule has 0 aliphatic carbocycles. The molecule has 2 aromatic rings. The van der Waals surface area contributed by atoms with E-state index in [4.69, 9.17) is 0 Å². The number of imidazole rings is 1. The lowest BCUT2D eigenvalue weighted by atomic mass is 10.1. The Labute approximate surface area is 95.4 Å². The van der Waals surface area contributed by atoms with Gasteiger partial charge in [-0.15, -0.1) is 0 Å². The summed E-state index contributed by atoms with van der Waals surface area (Å²) in [7, 11) is 2.09. The third kappa shape index (κ3) is 2.46. The van der Waals surface area contributed by atoms with Crippen molar-refractivity contribution in [1.82, 2.24) is 19.9 Å². The Morgan fingerprint density at radius 2 is 2.06 bits per heavy atom. The summed E-state index contributed by atoms with van der Waals surface area (Å²) in [5, 5.41) is 0. The van der Waals surface area contributed by atoms with Gasteiger partial charge < -0.3 is 4.98 Å². The Kier molecular flexibility index (Phi) is 3.31. The second-order valence-electron chi connectivity index (χ2n) is 3.91. The smallest absolute Gasteiger partial charge is 0.120 e. The van der Waals surface area contributed by atoms with Crippen LogP contribution in [-0.4, -0.2) is 26.9 Å². The molecule has 1 atom stereocenters. The molecule has 2 rings (SSSR count). The molecule has 16 heavy (non-hydrogen) atoms. The van der Waals surface area contributed by atoms with Crippen molar-refractivity contribution in [2.75, 3.05) is 7.05 Å². The lowest BCUT2D eigenvalue weighted by Crippen LogP contribution is -2.22. The van der Waals surface area contributed by atoms with Crippen molar-refractivity contribution >= 4 is 0 Å². The topological polar surface area (TPSA) is 44.8 Å². The minimum absolute atomic E-state index is 0.355. The highest BCUT2D eigenvalue weighted by atomic mass is 15.1. The number of hydrogen-bond acceptors (Lipinski definition) is 3. The summed E-state index contributed by atoms with van der Waals surface area (Å²) in [4.78, 5) is 13.6. The monoisotopic (exact) mass is 216 g/mol. The zero-order valence-electron chi connectivity index (χ0n) is 9.59. The summed E-state index contributed by atoms with van der Waals surface area (Å²) in [5.41, 5.74) is 1.27. The van der Waals surface area contributed by atoms with Gasteiger partial charge in [-0.3, -0.25) is 9.88 Å². The minimum Gasteiger partial charge on any atom is -0.348 e. The summed E-state index contributed by atoms with van der Waals surface area (Å²) in [6, 6.07) is 4.44. The van der Waals surface area contributed by atoms with Gasteiger partial charge in [0.25, 0.3) is 0 Å². The lowest BCUT2D eigenvalue weighted by Gasteiger charge is -2.23. The first kappa shape index (κ1) is 10.8. The van der Waals surface area contributed by atoms with Crippen molar-refractivity contribution < 1.29 is 0 Å². The van der Waals surface area contributed by atoms with Crippen LogP contribution in [0.2, 0.25) is 0 Å². The summed E-state index contributed by atoms with van der Waals surface area (Å²) in [6.45, 7) is 2.99. The molecule has 2 aromatic heterocycles. The Balaban J connectivity index is 2.02. The van der Waals surface area contributed by atoms with Crippen molar-refractivity contribution in [3.8, 4) is 0 Å². The first-order valence-electron chi connectivity index (χ1n) is 5.36. The highest BCUT2D eigenvalue weighted by molar-refractivity contribution is 5.14. The molecule has 0 spiro atoms. The largest absolute Gasteiger partial charge is 0.348 e. The van der Waals surface area contributed by atoms with Gasteiger partial charge >= 0.3 is 0 Å². The molecule has 1 N–H and O–H groups in total. The Bertz CT molecular complexity index is 410. The Morgan fingerprint density at radius 1 is 1.31 bits per heavy atom. The molecule has 0 aliphatic heterocycles. The maximum absolute atomic E-state index is 4.22. The quantitative estimate of drug-likeness (QED) is 0.850. The van der Waals surface area contributed by atoms with Crippen LogP contribution in [0.15, 0.2) is 36.9 Å². The van der Waals surface area contributed by atoms with E-state index in [9.17, 15) is 0 Å². The lowest BCUT2D eigenvalue weighted by molar-refractivity contribution is 0.247. The molecule has 0 amide bonds. The number of pyridine rings is 1. The van der Waals surface area contributed by atoms with E-state index in [-0.39, 0.29) is 0 Å². The molecular weight excluding hydrogens is 200 g/mol. The maximum atomic E-state index is 4.22. The second-order valence-corrected chi connectivity index (χ2v) is 3.91. The third-order valence-corrected chi connectivity index (χ3v) is 2.80. The van der Waals surface area contributed by atoms with Crippen LogP contribution in [-0.2, 0) is 6.54 Å². The Hall–Kier alpha value is -1.68. The van der Waals surface area contributed by atoms with E-state index in [2.05, 4.69) is 33.8 Å². The number of nitrogens with one attached hydrogen (secondary N) is 1. The van der Waals surface area contributed by atoms with Crippen LogP contribution < -0.4 is 0 Å². The molecule has 0 fully saturated rings. The fourth-order valence-electron chi connectivity index (χ4n) is 1.65. The highest BCUT2D eigenvalue weighted by Crippen LogP contribution is 2.18. The van der Waals surface area contributed by atoms with E-state index in [1.807, 2.05) is 30.7 Å². The number of hydrogen-bond donors (Lipinski definition) is 1. The van der Waals surface area contributed by atoms with E-state index in [1.54, 1.807) is 6.20 Å². The average Bonchev–Trinajstić information content (AvgIpc) is 2.82. The van der Waals surface area contributed by atoms with E-state index >= 15 is 0 Å². The van der Waals surface area contributed by atoms with Gasteiger partial charge in [0, 0.05) is 30.8 Å². The fourth-order valence-corrected chi connectivity index (χ4v) is 1.65. The predicted octanol–water partition coefficient (Wildman–Crippen LogP) is 2.00. The van der Waals surface area contributed by atoms with E-state index in [0.29, 0.717) is 6.04 Å². The summed E-state index contributed by atoms with van der Waals surface area (Å²) in [5.74, 6) is 0.989. The molecule has 0 saturated heterocycles. The van der Waals surface area contributed by atoms with Gasteiger partial charge in [-0.25, -0.2) is 4.98 Å². The molecule has 0 bridgehead atoms. The van der Waals surface area contributed by atoms with Crippen molar-refractivity contribution in [2.45, 2.75) is 19.5 Å². The van der Waals surface area contributed by atoms with Crippen LogP contribution in [0.25, 0.3) is 0 Å². The van der Waals surface area contributed by atoms with Crippen LogP contribution in [0.4, 0.5) is 0 Å². The molecule has 0 aliphatic rings. The van der Waals surface area contributed by atoms with Crippen molar-refractivity contribution in [2.24, 2.45) is 0 Å². The first-order chi connectivity index (χ1) is 7.77. The molecule has 2 heterocycles. The van der Waals surface area contributed by atoms with E-state index in [0.717, 1.165) is 12.4 Å². The molecule has 0 aromatic carbocycles. The standard InChI is InChI=1S/C12H16N4/c1-10(11-3-5-13-6-4-11)16(2)9-12-14-7-8-15-12/h3-8,10H,9H2,1-2H3,(H,14,15). The average molecular weight is 216 g/mol. The van der Waals surface area contributed by atoms with Crippen LogP contribution in [0.3, 0.4) is 0 Å². The highest BCUT2D eigenvalue weighted by Gasteiger charge is 2.12. The number of aromatic amines is 1. The molecule has 0 radical (unpaired) electrons. The van der Waals surface area contributed by atoms with Gasteiger partial charge in [0.05, 0.1) is 6.54 Å². The molecule has 4 heteroatoms. The van der Waals surface area contributed by atoms with Gasteiger partial charge in [0.2, 0.25) is 0 Å². The number of aromatic nitrogens is 3. The minimum atomic E-state index is 0.355.